The lowest BCUT2D eigenvalue weighted by molar-refractivity contribution is 0.408. The van der Waals surface area contributed by atoms with Crippen LogP contribution in [-0.2, 0) is 26.5 Å². The third kappa shape index (κ3) is 4.41. The van der Waals surface area contributed by atoms with Gasteiger partial charge in [0.15, 0.2) is 0 Å². The summed E-state index contributed by atoms with van der Waals surface area (Å²) in [7, 11) is -5.61. The molecule has 30 heavy (non-hydrogen) atoms. The number of fused-ring (bicyclic) bond motifs is 1. The van der Waals surface area contributed by atoms with Crippen molar-refractivity contribution in [3.63, 3.8) is 0 Å². The van der Waals surface area contributed by atoms with E-state index in [1.54, 1.807) is 51.3 Å². The quantitative estimate of drug-likeness (QED) is 0.693. The number of benzene rings is 2. The molecule has 7 nitrogen and oxygen atoms in total. The number of hydrogen-bond acceptors (Lipinski definition) is 5. The number of nitrogens with one attached hydrogen (secondary N) is 1. The van der Waals surface area contributed by atoms with Gasteiger partial charge in [-0.1, -0.05) is 6.92 Å². The Morgan fingerprint density at radius 1 is 1.07 bits per heavy atom. The summed E-state index contributed by atoms with van der Waals surface area (Å²) in [5.74, 6) is 0.757. The van der Waals surface area contributed by atoms with Crippen LogP contribution in [0.1, 0.15) is 36.5 Å². The molecule has 0 radical (unpaired) electrons. The Balaban J connectivity index is 1.92. The molecule has 0 aliphatic carbocycles. The lowest BCUT2D eigenvalue weighted by Gasteiger charge is -2.30. The molecule has 0 saturated carbocycles. The molecule has 2 aromatic carbocycles. The highest BCUT2D eigenvalue weighted by atomic mass is 32.2. The van der Waals surface area contributed by atoms with Crippen molar-refractivity contribution in [3.8, 4) is 5.75 Å². The normalized spacial score (nSPS) is 14.3. The van der Waals surface area contributed by atoms with Gasteiger partial charge < -0.3 is 4.74 Å². The van der Waals surface area contributed by atoms with Gasteiger partial charge in [-0.05, 0) is 80.1 Å². The van der Waals surface area contributed by atoms with Crippen molar-refractivity contribution < 1.29 is 21.6 Å². The number of anilines is 2. The van der Waals surface area contributed by atoms with Crippen LogP contribution in [0.3, 0.4) is 0 Å². The zero-order chi connectivity index (χ0) is 22.1. The van der Waals surface area contributed by atoms with E-state index in [1.165, 1.54) is 4.31 Å². The second-order valence-corrected chi connectivity index (χ2v) is 11.2. The summed E-state index contributed by atoms with van der Waals surface area (Å²) in [5.41, 5.74) is 3.34. The van der Waals surface area contributed by atoms with Gasteiger partial charge in [0.05, 0.1) is 23.4 Å². The summed E-state index contributed by atoms with van der Waals surface area (Å²) >= 11 is 0. The largest absolute Gasteiger partial charge is 0.496 e. The fourth-order valence-electron chi connectivity index (χ4n) is 3.88. The van der Waals surface area contributed by atoms with Gasteiger partial charge in [-0.15, -0.1) is 0 Å². The minimum atomic E-state index is -3.80. The van der Waals surface area contributed by atoms with Crippen molar-refractivity contribution in [2.24, 2.45) is 0 Å². The summed E-state index contributed by atoms with van der Waals surface area (Å²) in [5, 5.41) is 0. The number of ether oxygens (including phenoxy) is 1. The van der Waals surface area contributed by atoms with Crippen LogP contribution in [0.4, 0.5) is 11.4 Å². The van der Waals surface area contributed by atoms with Crippen LogP contribution in [0.2, 0.25) is 0 Å². The van der Waals surface area contributed by atoms with Gasteiger partial charge in [0.25, 0.3) is 10.0 Å². The highest BCUT2D eigenvalue weighted by Crippen LogP contribution is 2.33. The van der Waals surface area contributed by atoms with E-state index in [4.69, 9.17) is 4.74 Å². The maximum absolute atomic E-state index is 12.9. The Morgan fingerprint density at radius 3 is 2.33 bits per heavy atom. The number of rotatable bonds is 7. The molecular formula is C21H28N2O5S2. The second kappa shape index (κ2) is 8.47. The molecule has 1 aliphatic rings. The van der Waals surface area contributed by atoms with Gasteiger partial charge in [-0.25, -0.2) is 16.8 Å². The van der Waals surface area contributed by atoms with Gasteiger partial charge in [0.2, 0.25) is 10.0 Å². The molecule has 0 aromatic heterocycles. The molecule has 3 rings (SSSR count). The van der Waals surface area contributed by atoms with Gasteiger partial charge >= 0.3 is 0 Å². The molecule has 0 amide bonds. The maximum atomic E-state index is 12.9. The van der Waals surface area contributed by atoms with Gasteiger partial charge in [-0.2, -0.15) is 0 Å². The van der Waals surface area contributed by atoms with Crippen LogP contribution in [-0.4, -0.2) is 36.2 Å². The van der Waals surface area contributed by atoms with Crippen LogP contribution in [0.25, 0.3) is 0 Å². The summed E-state index contributed by atoms with van der Waals surface area (Å²) in [4.78, 5) is 0.156. The molecule has 0 atom stereocenters. The van der Waals surface area contributed by atoms with Gasteiger partial charge in [-0.3, -0.25) is 9.03 Å². The monoisotopic (exact) mass is 452 g/mol. The van der Waals surface area contributed by atoms with Crippen molar-refractivity contribution in [2.75, 3.05) is 28.4 Å². The van der Waals surface area contributed by atoms with Crippen molar-refractivity contribution in [1.29, 1.82) is 0 Å². The molecule has 0 fully saturated rings. The van der Waals surface area contributed by atoms with E-state index in [0.717, 1.165) is 16.7 Å². The first-order chi connectivity index (χ1) is 14.1. The van der Waals surface area contributed by atoms with Crippen LogP contribution in [0.5, 0.6) is 5.75 Å². The molecule has 1 aliphatic heterocycles. The summed E-state index contributed by atoms with van der Waals surface area (Å²) in [6.45, 7) is 5.89. The first-order valence-corrected chi connectivity index (χ1v) is 13.0. The summed E-state index contributed by atoms with van der Waals surface area (Å²) in [6, 6.07) is 8.17. The summed E-state index contributed by atoms with van der Waals surface area (Å²) < 4.78 is 60.4. The van der Waals surface area contributed by atoms with Crippen LogP contribution in [0, 0.1) is 13.8 Å². The lowest BCUT2D eigenvalue weighted by atomic mass is 10.0. The Bertz CT molecular complexity index is 1130. The fraction of sp³-hybridized carbons (Fsp3) is 0.429. The molecule has 164 valence electrons. The number of methoxy groups -OCH3 is 1. The SMILES string of the molecule is CCCS(=O)(=O)N1CCCc2cc(NS(=O)(=O)c3cc(C)c(OC)c(C)c3)ccc21. The lowest BCUT2D eigenvalue weighted by Crippen LogP contribution is -2.37. The van der Waals surface area contributed by atoms with Gasteiger partial charge in [0, 0.05) is 12.2 Å². The van der Waals surface area contributed by atoms with Crippen molar-refractivity contribution in [3.05, 3.63) is 47.0 Å². The maximum Gasteiger partial charge on any atom is 0.261 e. The van der Waals surface area contributed by atoms with Crippen LogP contribution >= 0.6 is 0 Å². The van der Waals surface area contributed by atoms with Crippen LogP contribution in [0.15, 0.2) is 35.2 Å². The Kier molecular flexibility index (Phi) is 6.33. The van der Waals surface area contributed by atoms with E-state index in [9.17, 15) is 16.8 Å². The first kappa shape index (κ1) is 22.4. The standard InChI is InChI=1S/C21H28N2O5S2/c1-5-11-29(24,25)23-10-6-7-17-14-18(8-9-20(17)23)22-30(26,27)19-12-15(2)21(28-4)16(3)13-19/h8-9,12-14,22H,5-7,10-11H2,1-4H3. The zero-order valence-electron chi connectivity index (χ0n) is 17.7. The number of hydrogen-bond donors (Lipinski definition) is 1. The van der Waals surface area contributed by atoms with E-state index < -0.39 is 20.0 Å². The molecule has 0 spiro atoms. The average molecular weight is 453 g/mol. The summed E-state index contributed by atoms with van der Waals surface area (Å²) in [6.07, 6.45) is 1.94. The van der Waals surface area contributed by atoms with E-state index in [-0.39, 0.29) is 10.6 Å². The van der Waals surface area contributed by atoms with Gasteiger partial charge in [0.1, 0.15) is 5.75 Å². The Morgan fingerprint density at radius 2 is 1.73 bits per heavy atom. The van der Waals surface area contributed by atoms with E-state index in [1.807, 2.05) is 6.92 Å². The first-order valence-electron chi connectivity index (χ1n) is 9.90. The predicted octanol–water partition coefficient (Wildman–Crippen LogP) is 3.61. The topological polar surface area (TPSA) is 92.8 Å². The van der Waals surface area contributed by atoms with Crippen molar-refractivity contribution >= 4 is 31.4 Å². The van der Waals surface area contributed by atoms with E-state index in [0.29, 0.717) is 42.9 Å². The zero-order valence-corrected chi connectivity index (χ0v) is 19.4. The van der Waals surface area contributed by atoms with Crippen LogP contribution < -0.4 is 13.8 Å². The number of nitrogens with zero attached hydrogens (tertiary/aromatic N) is 1. The second-order valence-electron chi connectivity index (χ2n) is 7.53. The fourth-order valence-corrected chi connectivity index (χ4v) is 6.73. The third-order valence-corrected chi connectivity index (χ3v) is 8.49. The molecule has 1 heterocycles. The highest BCUT2D eigenvalue weighted by molar-refractivity contribution is 7.93. The molecular weight excluding hydrogens is 424 g/mol. The molecule has 0 unspecified atom stereocenters. The van der Waals surface area contributed by atoms with E-state index >= 15 is 0 Å². The third-order valence-electron chi connectivity index (χ3n) is 5.15. The molecule has 2 aromatic rings. The molecule has 0 saturated heterocycles. The smallest absolute Gasteiger partial charge is 0.261 e. The molecule has 9 heteroatoms. The van der Waals surface area contributed by atoms with Crippen molar-refractivity contribution in [1.82, 2.24) is 0 Å². The van der Waals surface area contributed by atoms with Crippen molar-refractivity contribution in [2.45, 2.75) is 44.9 Å². The minimum Gasteiger partial charge on any atom is -0.496 e. The average Bonchev–Trinajstić information content (AvgIpc) is 2.66. The number of aryl methyl sites for hydroxylation is 3. The minimum absolute atomic E-state index is 0.0942. The highest BCUT2D eigenvalue weighted by Gasteiger charge is 2.27. The van der Waals surface area contributed by atoms with E-state index in [2.05, 4.69) is 4.72 Å². The number of sulfonamides is 2. The molecule has 1 N–H and O–H groups in total. The Hall–Kier alpha value is -2.26. The Labute approximate surface area is 179 Å². The predicted molar refractivity (Wildman–Crippen MR) is 119 cm³/mol. The molecule has 0 bridgehead atoms.